The SMILES string of the molecule is C=CC(=O)N1CCC(OC)C1.Cc1c[nH]c(N)c1/C=C(\N)c1ccccc1O. The van der Waals surface area contributed by atoms with Crippen molar-refractivity contribution in [1.29, 1.82) is 0 Å². The van der Waals surface area contributed by atoms with E-state index in [4.69, 9.17) is 16.2 Å². The van der Waals surface area contributed by atoms with Crippen molar-refractivity contribution >= 4 is 23.5 Å². The second-order valence-electron chi connectivity index (χ2n) is 6.55. The number of aromatic amines is 1. The molecule has 1 unspecified atom stereocenters. The Kier molecular flexibility index (Phi) is 7.28. The van der Waals surface area contributed by atoms with Crippen molar-refractivity contribution in [2.24, 2.45) is 5.73 Å². The van der Waals surface area contributed by atoms with Crippen LogP contribution in [-0.4, -0.2) is 47.2 Å². The summed E-state index contributed by atoms with van der Waals surface area (Å²) in [6.07, 6.45) is 6.09. The number of likely N-dealkylation sites (tertiary alicyclic amines) is 1. The monoisotopic (exact) mass is 384 g/mol. The molecule has 6 N–H and O–H groups in total. The molecule has 1 fully saturated rings. The number of anilines is 1. The predicted octanol–water partition coefficient (Wildman–Crippen LogP) is 2.49. The molecule has 0 saturated carbocycles. The highest BCUT2D eigenvalue weighted by atomic mass is 16.5. The second kappa shape index (κ2) is 9.66. The van der Waals surface area contributed by atoms with Gasteiger partial charge in [0.25, 0.3) is 0 Å². The van der Waals surface area contributed by atoms with E-state index in [1.54, 1.807) is 36.3 Å². The Morgan fingerprint density at radius 2 is 2.14 bits per heavy atom. The second-order valence-corrected chi connectivity index (χ2v) is 6.55. The Balaban J connectivity index is 0.000000221. The fourth-order valence-electron chi connectivity index (χ4n) is 2.95. The molecule has 1 atom stereocenters. The Bertz CT molecular complexity index is 838. The maximum Gasteiger partial charge on any atom is 0.246 e. The van der Waals surface area contributed by atoms with Gasteiger partial charge in [0.05, 0.1) is 6.10 Å². The number of para-hydroxylation sites is 1. The van der Waals surface area contributed by atoms with E-state index in [-0.39, 0.29) is 17.8 Å². The Hall–Kier alpha value is -3.19. The zero-order valence-electron chi connectivity index (χ0n) is 16.3. The van der Waals surface area contributed by atoms with Crippen LogP contribution in [0.2, 0.25) is 0 Å². The number of carbonyl (C=O) groups excluding carboxylic acids is 1. The number of aryl methyl sites for hydroxylation is 1. The smallest absolute Gasteiger partial charge is 0.246 e. The third kappa shape index (κ3) is 5.17. The predicted molar refractivity (Wildman–Crippen MR) is 112 cm³/mol. The molecular weight excluding hydrogens is 356 g/mol. The highest BCUT2D eigenvalue weighted by Crippen LogP contribution is 2.25. The van der Waals surface area contributed by atoms with Crippen molar-refractivity contribution < 1.29 is 14.6 Å². The van der Waals surface area contributed by atoms with E-state index < -0.39 is 0 Å². The molecule has 1 aliphatic rings. The van der Waals surface area contributed by atoms with Crippen LogP contribution in [0.5, 0.6) is 5.75 Å². The number of nitrogen functional groups attached to an aromatic ring is 1. The van der Waals surface area contributed by atoms with E-state index in [1.165, 1.54) is 6.08 Å². The molecule has 1 aromatic heterocycles. The molecule has 1 saturated heterocycles. The summed E-state index contributed by atoms with van der Waals surface area (Å²) in [4.78, 5) is 15.7. The molecule has 0 bridgehead atoms. The quantitative estimate of drug-likeness (QED) is 0.604. The van der Waals surface area contributed by atoms with Crippen molar-refractivity contribution in [3.05, 3.63) is 59.8 Å². The van der Waals surface area contributed by atoms with Gasteiger partial charge in [0, 0.05) is 43.2 Å². The van der Waals surface area contributed by atoms with E-state index in [9.17, 15) is 9.90 Å². The van der Waals surface area contributed by atoms with Gasteiger partial charge in [-0.3, -0.25) is 4.79 Å². The minimum absolute atomic E-state index is 0.00421. The number of aromatic nitrogens is 1. The third-order valence-electron chi connectivity index (χ3n) is 4.64. The van der Waals surface area contributed by atoms with Crippen LogP contribution in [0, 0.1) is 6.92 Å². The Labute approximate surface area is 165 Å². The number of nitrogens with two attached hydrogens (primary N) is 2. The molecule has 3 rings (SSSR count). The molecule has 28 heavy (non-hydrogen) atoms. The minimum atomic E-state index is 0.00421. The number of ether oxygens (including phenoxy) is 1. The number of H-pyrrole nitrogens is 1. The minimum Gasteiger partial charge on any atom is -0.507 e. The molecule has 7 nitrogen and oxygen atoms in total. The number of carbonyl (C=O) groups is 1. The van der Waals surface area contributed by atoms with Gasteiger partial charge in [0.15, 0.2) is 0 Å². The lowest BCUT2D eigenvalue weighted by Gasteiger charge is -2.12. The molecule has 1 amide bonds. The number of hydrogen-bond acceptors (Lipinski definition) is 5. The highest BCUT2D eigenvalue weighted by Gasteiger charge is 2.23. The first-order chi connectivity index (χ1) is 13.4. The molecule has 150 valence electrons. The standard InChI is InChI=1S/C13H15N3O.C8H13NO2/c1-8-7-16-13(15)10(8)6-11(14)9-4-2-3-5-12(9)17;1-3-8(10)9-5-4-7(6-9)11-2/h2-7,16-17H,14-15H2,1H3;3,7H,1,4-6H2,2H3/b11-6-;. The maximum absolute atomic E-state index is 11.0. The van der Waals surface area contributed by atoms with Crippen molar-refractivity contribution in [1.82, 2.24) is 9.88 Å². The summed E-state index contributed by atoms with van der Waals surface area (Å²) in [7, 11) is 1.67. The molecule has 0 aliphatic carbocycles. The van der Waals surface area contributed by atoms with Crippen LogP contribution < -0.4 is 11.5 Å². The summed E-state index contributed by atoms with van der Waals surface area (Å²) < 4.78 is 5.11. The third-order valence-corrected chi connectivity index (χ3v) is 4.64. The van der Waals surface area contributed by atoms with E-state index in [1.807, 2.05) is 19.2 Å². The number of aromatic hydroxyl groups is 1. The molecule has 0 radical (unpaired) electrons. The number of rotatable bonds is 4. The Morgan fingerprint density at radius 3 is 2.68 bits per heavy atom. The summed E-state index contributed by atoms with van der Waals surface area (Å²) >= 11 is 0. The summed E-state index contributed by atoms with van der Waals surface area (Å²) in [5, 5.41) is 9.69. The van der Waals surface area contributed by atoms with Gasteiger partial charge in [-0.05, 0) is 43.2 Å². The number of phenols is 1. The summed E-state index contributed by atoms with van der Waals surface area (Å²) in [6.45, 7) is 6.87. The molecule has 2 heterocycles. The number of nitrogens with zero attached hydrogens (tertiary/aromatic N) is 1. The van der Waals surface area contributed by atoms with Gasteiger partial charge in [-0.15, -0.1) is 0 Å². The molecule has 2 aromatic rings. The average molecular weight is 384 g/mol. The molecule has 7 heteroatoms. The summed E-state index contributed by atoms with van der Waals surface area (Å²) in [5.41, 5.74) is 14.7. The van der Waals surface area contributed by atoms with Crippen LogP contribution in [-0.2, 0) is 9.53 Å². The molecule has 0 spiro atoms. The van der Waals surface area contributed by atoms with Crippen LogP contribution in [0.15, 0.2) is 43.1 Å². The van der Waals surface area contributed by atoms with Gasteiger partial charge >= 0.3 is 0 Å². The largest absolute Gasteiger partial charge is 0.507 e. The fraction of sp³-hybridized carbons (Fsp3) is 0.286. The molecular formula is C21H28N4O3. The number of benzene rings is 1. The summed E-state index contributed by atoms with van der Waals surface area (Å²) in [6, 6.07) is 6.94. The van der Waals surface area contributed by atoms with Gasteiger partial charge in [0.2, 0.25) is 5.91 Å². The van der Waals surface area contributed by atoms with Crippen molar-refractivity contribution in [3.63, 3.8) is 0 Å². The average Bonchev–Trinajstić information content (AvgIpc) is 3.30. The van der Waals surface area contributed by atoms with E-state index in [2.05, 4.69) is 11.6 Å². The van der Waals surface area contributed by atoms with Crippen LogP contribution in [0.1, 0.15) is 23.1 Å². The lowest BCUT2D eigenvalue weighted by molar-refractivity contribution is -0.125. The summed E-state index contributed by atoms with van der Waals surface area (Å²) in [5.74, 6) is 0.735. The van der Waals surface area contributed by atoms with Crippen molar-refractivity contribution in [3.8, 4) is 5.75 Å². The van der Waals surface area contributed by atoms with Crippen molar-refractivity contribution in [2.75, 3.05) is 25.9 Å². The van der Waals surface area contributed by atoms with Gasteiger partial charge in [-0.1, -0.05) is 18.7 Å². The van der Waals surface area contributed by atoms with Crippen molar-refractivity contribution in [2.45, 2.75) is 19.4 Å². The molecule has 1 aliphatic heterocycles. The zero-order chi connectivity index (χ0) is 20.7. The van der Waals surface area contributed by atoms with Gasteiger partial charge in [-0.25, -0.2) is 0 Å². The molecule has 1 aromatic carbocycles. The van der Waals surface area contributed by atoms with Gasteiger partial charge in [-0.2, -0.15) is 0 Å². The first-order valence-corrected chi connectivity index (χ1v) is 9.00. The van der Waals surface area contributed by atoms with Crippen LogP contribution in [0.4, 0.5) is 5.82 Å². The van der Waals surface area contributed by atoms with E-state index >= 15 is 0 Å². The maximum atomic E-state index is 11.0. The number of nitrogens with one attached hydrogen (secondary N) is 1. The van der Waals surface area contributed by atoms with Crippen LogP contribution in [0.25, 0.3) is 11.8 Å². The first kappa shape index (κ1) is 21.1. The number of methoxy groups -OCH3 is 1. The first-order valence-electron chi connectivity index (χ1n) is 9.00. The van der Waals surface area contributed by atoms with Gasteiger partial charge in [0.1, 0.15) is 11.6 Å². The van der Waals surface area contributed by atoms with Crippen LogP contribution >= 0.6 is 0 Å². The van der Waals surface area contributed by atoms with Gasteiger partial charge < -0.3 is 31.2 Å². The topological polar surface area (TPSA) is 118 Å². The normalized spacial score (nSPS) is 16.4. The Morgan fingerprint density at radius 1 is 1.43 bits per heavy atom. The van der Waals surface area contributed by atoms with E-state index in [0.717, 1.165) is 24.1 Å². The lowest BCUT2D eigenvalue weighted by atomic mass is 10.1. The number of amides is 1. The van der Waals surface area contributed by atoms with Crippen LogP contribution in [0.3, 0.4) is 0 Å². The lowest BCUT2D eigenvalue weighted by Crippen LogP contribution is -2.27. The highest BCUT2D eigenvalue weighted by molar-refractivity contribution is 5.87. The van der Waals surface area contributed by atoms with E-state index in [0.29, 0.717) is 23.6 Å². The fourth-order valence-corrected chi connectivity index (χ4v) is 2.95. The number of hydrogen-bond donors (Lipinski definition) is 4. The zero-order valence-corrected chi connectivity index (χ0v) is 16.3. The number of phenolic OH excluding ortho intramolecular Hbond substituents is 1.